The van der Waals surface area contributed by atoms with Crippen molar-refractivity contribution in [2.24, 2.45) is 5.92 Å². The van der Waals surface area contributed by atoms with E-state index in [1.807, 2.05) is 12.1 Å². The van der Waals surface area contributed by atoms with Crippen LogP contribution in [0, 0.1) is 5.92 Å². The van der Waals surface area contributed by atoms with E-state index in [1.54, 1.807) is 7.11 Å². The predicted octanol–water partition coefficient (Wildman–Crippen LogP) is 2.51. The average molecular weight is 234 g/mol. The van der Waals surface area contributed by atoms with Crippen molar-refractivity contribution in [1.29, 1.82) is 0 Å². The van der Waals surface area contributed by atoms with E-state index in [1.165, 1.54) is 18.4 Å². The molecule has 0 radical (unpaired) electrons. The van der Waals surface area contributed by atoms with Crippen LogP contribution in [0.1, 0.15) is 25.3 Å². The molecule has 1 aromatic carbocycles. The molecule has 2 rings (SSSR count). The maximum Gasteiger partial charge on any atom is 0.121 e. The van der Waals surface area contributed by atoms with Crippen LogP contribution in [-0.4, -0.2) is 25.1 Å². The lowest BCUT2D eigenvalue weighted by Gasteiger charge is -2.24. The number of ether oxygens (including phenoxy) is 1. The SMILES string of the molecule is COc1cc(N)cc(CN(C)C(C)C2CC2)c1. The lowest BCUT2D eigenvalue weighted by Crippen LogP contribution is -2.30. The van der Waals surface area contributed by atoms with Gasteiger partial charge < -0.3 is 10.5 Å². The van der Waals surface area contributed by atoms with E-state index in [4.69, 9.17) is 10.5 Å². The summed E-state index contributed by atoms with van der Waals surface area (Å²) in [5.74, 6) is 1.73. The molecule has 0 bridgehead atoms. The smallest absolute Gasteiger partial charge is 0.121 e. The monoisotopic (exact) mass is 234 g/mol. The fourth-order valence-corrected chi connectivity index (χ4v) is 2.27. The van der Waals surface area contributed by atoms with Crippen LogP contribution in [0.15, 0.2) is 18.2 Å². The van der Waals surface area contributed by atoms with Crippen LogP contribution >= 0.6 is 0 Å². The van der Waals surface area contributed by atoms with Crippen LogP contribution in [0.4, 0.5) is 5.69 Å². The number of nitrogens with two attached hydrogens (primary N) is 1. The highest BCUT2D eigenvalue weighted by Gasteiger charge is 2.30. The minimum Gasteiger partial charge on any atom is -0.497 e. The van der Waals surface area contributed by atoms with Crippen molar-refractivity contribution in [3.05, 3.63) is 23.8 Å². The highest BCUT2D eigenvalue weighted by atomic mass is 16.5. The first kappa shape index (κ1) is 12.2. The lowest BCUT2D eigenvalue weighted by atomic mass is 10.1. The molecule has 0 amide bonds. The van der Waals surface area contributed by atoms with Gasteiger partial charge in [0.25, 0.3) is 0 Å². The Bertz CT molecular complexity index is 388. The van der Waals surface area contributed by atoms with E-state index >= 15 is 0 Å². The van der Waals surface area contributed by atoms with E-state index < -0.39 is 0 Å². The molecule has 0 spiro atoms. The van der Waals surface area contributed by atoms with Gasteiger partial charge in [0.05, 0.1) is 7.11 Å². The molecule has 2 N–H and O–H groups in total. The molecule has 1 aromatic rings. The van der Waals surface area contributed by atoms with E-state index in [9.17, 15) is 0 Å². The van der Waals surface area contributed by atoms with E-state index in [2.05, 4.69) is 24.9 Å². The van der Waals surface area contributed by atoms with Gasteiger partial charge in [-0.25, -0.2) is 0 Å². The lowest BCUT2D eigenvalue weighted by molar-refractivity contribution is 0.226. The van der Waals surface area contributed by atoms with Crippen LogP contribution in [0.2, 0.25) is 0 Å². The van der Waals surface area contributed by atoms with Crippen molar-refractivity contribution in [3.8, 4) is 5.75 Å². The third-order valence-corrected chi connectivity index (χ3v) is 3.66. The summed E-state index contributed by atoms with van der Waals surface area (Å²) in [6, 6.07) is 6.60. The molecule has 17 heavy (non-hydrogen) atoms. The van der Waals surface area contributed by atoms with Gasteiger partial charge in [-0.15, -0.1) is 0 Å². The maximum atomic E-state index is 5.86. The highest BCUT2D eigenvalue weighted by molar-refractivity contribution is 5.47. The van der Waals surface area contributed by atoms with Crippen LogP contribution in [0.25, 0.3) is 0 Å². The quantitative estimate of drug-likeness (QED) is 0.796. The molecule has 1 atom stereocenters. The summed E-state index contributed by atoms with van der Waals surface area (Å²) in [6.45, 7) is 3.24. The molecule has 94 valence electrons. The number of methoxy groups -OCH3 is 1. The Balaban J connectivity index is 2.03. The van der Waals surface area contributed by atoms with Gasteiger partial charge in [0.15, 0.2) is 0 Å². The fourth-order valence-electron chi connectivity index (χ4n) is 2.27. The number of hydrogen-bond acceptors (Lipinski definition) is 3. The molecule has 0 heterocycles. The molecule has 1 aliphatic carbocycles. The third-order valence-electron chi connectivity index (χ3n) is 3.66. The van der Waals surface area contributed by atoms with Crippen molar-refractivity contribution >= 4 is 5.69 Å². The van der Waals surface area contributed by atoms with Crippen LogP contribution in [0.3, 0.4) is 0 Å². The second-order valence-corrected chi connectivity index (χ2v) is 5.11. The average Bonchev–Trinajstić information content (AvgIpc) is 3.10. The van der Waals surface area contributed by atoms with Crippen LogP contribution in [-0.2, 0) is 6.54 Å². The zero-order chi connectivity index (χ0) is 12.4. The zero-order valence-electron chi connectivity index (χ0n) is 10.9. The first-order valence-corrected chi connectivity index (χ1v) is 6.24. The summed E-state index contributed by atoms with van der Waals surface area (Å²) in [7, 11) is 3.85. The Morgan fingerprint density at radius 3 is 2.71 bits per heavy atom. The van der Waals surface area contributed by atoms with Crippen molar-refractivity contribution in [3.63, 3.8) is 0 Å². The summed E-state index contributed by atoms with van der Waals surface area (Å²) < 4.78 is 5.24. The Labute approximate surface area is 104 Å². The predicted molar refractivity (Wildman–Crippen MR) is 71.1 cm³/mol. The first-order chi connectivity index (χ1) is 8.10. The zero-order valence-corrected chi connectivity index (χ0v) is 10.9. The first-order valence-electron chi connectivity index (χ1n) is 6.24. The minimum absolute atomic E-state index is 0.655. The van der Waals surface area contributed by atoms with Gasteiger partial charge in [0.2, 0.25) is 0 Å². The van der Waals surface area contributed by atoms with Crippen molar-refractivity contribution in [2.75, 3.05) is 19.9 Å². The Kier molecular flexibility index (Phi) is 3.57. The molecule has 0 saturated heterocycles. The standard InChI is InChI=1S/C14H22N2O/c1-10(12-4-5-12)16(2)9-11-6-13(15)8-14(7-11)17-3/h6-8,10,12H,4-5,9,15H2,1-3H3. The number of rotatable bonds is 5. The summed E-state index contributed by atoms with van der Waals surface area (Å²) in [4.78, 5) is 2.39. The van der Waals surface area contributed by atoms with Gasteiger partial charge in [-0.05, 0) is 50.4 Å². The van der Waals surface area contributed by atoms with Crippen LogP contribution < -0.4 is 10.5 Å². The second kappa shape index (κ2) is 4.96. The number of anilines is 1. The van der Waals surface area contributed by atoms with Gasteiger partial charge >= 0.3 is 0 Å². The molecule has 3 nitrogen and oxygen atoms in total. The number of hydrogen-bond donors (Lipinski definition) is 1. The molecule has 1 saturated carbocycles. The molecule has 1 fully saturated rings. The van der Waals surface area contributed by atoms with Crippen molar-refractivity contribution in [1.82, 2.24) is 4.90 Å². The summed E-state index contributed by atoms with van der Waals surface area (Å²) >= 11 is 0. The number of benzene rings is 1. The van der Waals surface area contributed by atoms with E-state index in [-0.39, 0.29) is 0 Å². The summed E-state index contributed by atoms with van der Waals surface area (Å²) in [6.07, 6.45) is 2.76. The minimum atomic E-state index is 0.655. The van der Waals surface area contributed by atoms with Crippen molar-refractivity contribution in [2.45, 2.75) is 32.4 Å². The normalized spacial score (nSPS) is 17.2. The van der Waals surface area contributed by atoms with E-state index in [0.29, 0.717) is 6.04 Å². The van der Waals surface area contributed by atoms with Gasteiger partial charge in [0, 0.05) is 24.3 Å². The van der Waals surface area contributed by atoms with E-state index in [0.717, 1.165) is 23.9 Å². The molecular formula is C14H22N2O. The summed E-state index contributed by atoms with van der Waals surface area (Å²) in [5, 5.41) is 0. The molecule has 1 unspecified atom stereocenters. The molecule has 1 aliphatic rings. The van der Waals surface area contributed by atoms with Gasteiger partial charge in [-0.1, -0.05) is 0 Å². The molecule has 3 heteroatoms. The number of nitrogen functional groups attached to an aromatic ring is 1. The van der Waals surface area contributed by atoms with Crippen LogP contribution in [0.5, 0.6) is 5.75 Å². The van der Waals surface area contributed by atoms with Gasteiger partial charge in [0.1, 0.15) is 5.75 Å². The van der Waals surface area contributed by atoms with Gasteiger partial charge in [-0.3, -0.25) is 4.90 Å². The second-order valence-electron chi connectivity index (χ2n) is 5.11. The fraction of sp³-hybridized carbons (Fsp3) is 0.571. The Morgan fingerprint density at radius 2 is 2.12 bits per heavy atom. The Hall–Kier alpha value is -1.22. The largest absolute Gasteiger partial charge is 0.497 e. The maximum absolute atomic E-state index is 5.86. The highest BCUT2D eigenvalue weighted by Crippen LogP contribution is 2.35. The molecule has 0 aliphatic heterocycles. The Morgan fingerprint density at radius 1 is 1.41 bits per heavy atom. The number of nitrogens with zero attached hydrogens (tertiary/aromatic N) is 1. The van der Waals surface area contributed by atoms with Crippen molar-refractivity contribution < 1.29 is 4.74 Å². The molecule has 0 aromatic heterocycles. The van der Waals surface area contributed by atoms with Gasteiger partial charge in [-0.2, -0.15) is 0 Å². The molecular weight excluding hydrogens is 212 g/mol. The summed E-state index contributed by atoms with van der Waals surface area (Å²) in [5.41, 5.74) is 7.85. The topological polar surface area (TPSA) is 38.5 Å². The third kappa shape index (κ3) is 3.13.